The fourth-order valence-electron chi connectivity index (χ4n) is 5.44. The Morgan fingerprint density at radius 2 is 1.69 bits per heavy atom. The molecule has 0 aliphatic carbocycles. The van der Waals surface area contributed by atoms with Crippen molar-refractivity contribution in [1.29, 1.82) is 0 Å². The summed E-state index contributed by atoms with van der Waals surface area (Å²) in [6.07, 6.45) is 0.347. The van der Waals surface area contributed by atoms with Gasteiger partial charge in [-0.3, -0.25) is 14.5 Å². The van der Waals surface area contributed by atoms with E-state index >= 15 is 0 Å². The van der Waals surface area contributed by atoms with Crippen molar-refractivity contribution in [2.45, 2.75) is 54.0 Å². The summed E-state index contributed by atoms with van der Waals surface area (Å²) in [7, 11) is 0. The second-order valence-electron chi connectivity index (χ2n) is 12.3. The van der Waals surface area contributed by atoms with Crippen molar-refractivity contribution in [3.63, 3.8) is 0 Å². The molecular formula is C37H33ClN2O6S3. The maximum atomic E-state index is 14.2. The number of carbonyl (C=O) groups is 3. The first-order valence-corrected chi connectivity index (χ1v) is 18.7. The van der Waals surface area contributed by atoms with Crippen LogP contribution in [0.1, 0.15) is 43.6 Å². The van der Waals surface area contributed by atoms with Crippen molar-refractivity contribution in [2.75, 3.05) is 5.75 Å². The quantitative estimate of drug-likeness (QED) is 0.0800. The van der Waals surface area contributed by atoms with Crippen LogP contribution in [0.5, 0.6) is 0 Å². The van der Waals surface area contributed by atoms with Gasteiger partial charge in [0.25, 0.3) is 5.91 Å². The van der Waals surface area contributed by atoms with E-state index < -0.39 is 41.1 Å². The van der Waals surface area contributed by atoms with Crippen molar-refractivity contribution >= 4 is 74.5 Å². The number of amides is 2. The van der Waals surface area contributed by atoms with E-state index in [4.69, 9.17) is 21.1 Å². The molecule has 4 aromatic rings. The van der Waals surface area contributed by atoms with Crippen LogP contribution in [0.2, 0.25) is 0 Å². The predicted octanol–water partition coefficient (Wildman–Crippen LogP) is 8.00. The van der Waals surface area contributed by atoms with E-state index in [9.17, 15) is 19.2 Å². The number of ether oxygens (including phenoxy) is 2. The largest absolute Gasteiger partial charge is 0.448 e. The molecule has 2 aliphatic rings. The van der Waals surface area contributed by atoms with Gasteiger partial charge in [0.1, 0.15) is 22.7 Å². The van der Waals surface area contributed by atoms with Crippen molar-refractivity contribution in [1.82, 2.24) is 10.2 Å². The highest BCUT2D eigenvalue weighted by Gasteiger charge is 2.54. The molecule has 0 bridgehead atoms. The number of nitrogens with one attached hydrogen (secondary N) is 1. The maximum absolute atomic E-state index is 14.2. The number of nitrogens with zero attached hydrogens (tertiary/aromatic N) is 1. The molecule has 2 amide bonds. The molecule has 12 heteroatoms. The first-order valence-electron chi connectivity index (χ1n) is 15.5. The van der Waals surface area contributed by atoms with Crippen LogP contribution in [0.4, 0.5) is 4.79 Å². The molecule has 0 unspecified atom stereocenters. The third-order valence-electron chi connectivity index (χ3n) is 7.67. The van der Waals surface area contributed by atoms with Crippen LogP contribution < -0.4 is 10.7 Å². The summed E-state index contributed by atoms with van der Waals surface area (Å²) in [5.41, 5.74) is 2.35. The topological polar surface area (TPSA) is 102 Å². The van der Waals surface area contributed by atoms with Gasteiger partial charge < -0.3 is 14.8 Å². The molecule has 2 aliphatic heterocycles. The van der Waals surface area contributed by atoms with Crippen LogP contribution in [0.15, 0.2) is 117 Å². The van der Waals surface area contributed by atoms with E-state index in [2.05, 4.69) is 5.32 Å². The lowest BCUT2D eigenvalue weighted by atomic mass is 10.0. The number of alkyl halides is 1. The van der Waals surface area contributed by atoms with Gasteiger partial charge in [0, 0.05) is 27.8 Å². The number of allylic oxidation sites excluding steroid dienone is 1. The molecule has 1 N–H and O–H groups in total. The predicted molar refractivity (Wildman–Crippen MR) is 197 cm³/mol. The second-order valence-corrected chi connectivity index (χ2v) is 16.0. The van der Waals surface area contributed by atoms with Gasteiger partial charge >= 0.3 is 12.1 Å². The summed E-state index contributed by atoms with van der Waals surface area (Å²) in [6.45, 7) is 5.23. The number of hydrogen-bond donors (Lipinski definition) is 1. The highest BCUT2D eigenvalue weighted by Crippen LogP contribution is 2.42. The third kappa shape index (κ3) is 7.91. The van der Waals surface area contributed by atoms with E-state index in [1.165, 1.54) is 39.8 Å². The standard InChI is InChI=1S/C37H33ClN2O6S3/c1-37(2,3)46-36(44)39-30-33(42)40-31(35(43)45-32(23-10-6-4-7-11-23)24-12-8-5-9-13-24)25(21-48-34(30)40)16-17-47-29-19-27(41)26-15-14-22(20-38)18-28(26)49-29/h4-19,30,32,34H,20-21H2,1-3H3,(H,39,44)/t30-,34+/m1/s1. The van der Waals surface area contributed by atoms with E-state index in [-0.39, 0.29) is 11.1 Å². The number of benzene rings is 3. The first-order chi connectivity index (χ1) is 23.5. The lowest BCUT2D eigenvalue weighted by Crippen LogP contribution is -2.70. The molecular weight excluding hydrogens is 700 g/mol. The zero-order valence-electron chi connectivity index (χ0n) is 26.9. The minimum Gasteiger partial charge on any atom is -0.448 e. The number of esters is 1. The molecule has 1 fully saturated rings. The Morgan fingerprint density at radius 3 is 2.33 bits per heavy atom. The second kappa shape index (κ2) is 14.8. The maximum Gasteiger partial charge on any atom is 0.408 e. The molecule has 1 aromatic heterocycles. The van der Waals surface area contributed by atoms with E-state index in [0.717, 1.165) is 25.6 Å². The van der Waals surface area contributed by atoms with E-state index in [0.29, 0.717) is 22.6 Å². The van der Waals surface area contributed by atoms with Gasteiger partial charge in [-0.15, -0.1) is 34.7 Å². The summed E-state index contributed by atoms with van der Waals surface area (Å²) in [4.78, 5) is 54.6. The molecule has 0 saturated carbocycles. The van der Waals surface area contributed by atoms with Gasteiger partial charge in [-0.05, 0) is 66.7 Å². The molecule has 6 rings (SSSR count). The molecule has 0 radical (unpaired) electrons. The minimum atomic E-state index is -0.866. The Bertz CT molecular complexity index is 1970. The molecule has 3 aromatic carbocycles. The van der Waals surface area contributed by atoms with E-state index in [1.54, 1.807) is 44.4 Å². The summed E-state index contributed by atoms with van der Waals surface area (Å²) in [6, 6.07) is 25.1. The molecule has 3 heterocycles. The summed E-state index contributed by atoms with van der Waals surface area (Å²) in [5, 5.41) is 4.58. The fraction of sp³-hybridized carbons (Fsp3) is 0.243. The number of β-lactam (4-membered cyclic amide) rings is 1. The number of rotatable bonds is 9. The fourth-order valence-corrected chi connectivity index (χ4v) is 8.97. The van der Waals surface area contributed by atoms with Crippen molar-refractivity contribution < 1.29 is 23.9 Å². The summed E-state index contributed by atoms with van der Waals surface area (Å²) in [5.74, 6) is -0.386. The number of carbonyl (C=O) groups excluding carboxylic acids is 3. The van der Waals surface area contributed by atoms with Crippen LogP contribution in [0.3, 0.4) is 0 Å². The Kier molecular flexibility index (Phi) is 10.5. The van der Waals surface area contributed by atoms with Crippen molar-refractivity contribution in [3.05, 3.63) is 135 Å². The normalized spacial score (nSPS) is 17.7. The van der Waals surface area contributed by atoms with Crippen LogP contribution in [0.25, 0.3) is 10.1 Å². The Labute approximate surface area is 301 Å². The molecule has 1 saturated heterocycles. The molecule has 0 spiro atoms. The minimum absolute atomic E-state index is 0.0899. The van der Waals surface area contributed by atoms with Crippen molar-refractivity contribution in [2.24, 2.45) is 0 Å². The van der Waals surface area contributed by atoms with Gasteiger partial charge in [0.05, 0.1) is 4.21 Å². The lowest BCUT2D eigenvalue weighted by molar-refractivity contribution is -0.153. The Balaban J connectivity index is 1.32. The van der Waals surface area contributed by atoms with Crippen molar-refractivity contribution in [3.8, 4) is 0 Å². The average Bonchev–Trinajstić information content (AvgIpc) is 3.09. The SMILES string of the molecule is CC(C)(C)OC(=O)N[C@@H]1C(=O)N2C(C(=O)OC(c3ccccc3)c3ccccc3)=C(C=CSc3cc(=O)c4ccc(CCl)cc4s3)CS[C@@H]12. The average molecular weight is 733 g/mol. The van der Waals surface area contributed by atoms with Gasteiger partial charge in [-0.1, -0.05) is 78.5 Å². The molecule has 49 heavy (non-hydrogen) atoms. The number of alkyl carbamates (subject to hydrolysis) is 1. The Hall–Kier alpha value is -4.03. The molecule has 8 nitrogen and oxygen atoms in total. The lowest BCUT2D eigenvalue weighted by Gasteiger charge is -2.49. The summed E-state index contributed by atoms with van der Waals surface area (Å²) < 4.78 is 13.2. The van der Waals surface area contributed by atoms with E-state index in [1.807, 2.05) is 72.8 Å². The zero-order valence-corrected chi connectivity index (χ0v) is 30.1. The van der Waals surface area contributed by atoms with Crippen LogP contribution in [0, 0.1) is 0 Å². The van der Waals surface area contributed by atoms with Crippen LogP contribution in [-0.4, -0.2) is 45.6 Å². The summed E-state index contributed by atoms with van der Waals surface area (Å²) >= 11 is 10.3. The Morgan fingerprint density at radius 1 is 1.02 bits per heavy atom. The number of fused-ring (bicyclic) bond motifs is 2. The number of thioether (sulfide) groups is 2. The molecule has 2 atom stereocenters. The van der Waals surface area contributed by atoms with Crippen LogP contribution >= 0.6 is 46.5 Å². The number of halogens is 1. The highest BCUT2D eigenvalue weighted by atomic mass is 35.5. The van der Waals surface area contributed by atoms with Gasteiger partial charge in [-0.25, -0.2) is 9.59 Å². The first kappa shape index (κ1) is 34.8. The smallest absolute Gasteiger partial charge is 0.408 e. The van der Waals surface area contributed by atoms with Gasteiger partial charge in [0.2, 0.25) is 0 Å². The third-order valence-corrected chi connectivity index (χ3v) is 11.3. The highest BCUT2D eigenvalue weighted by molar-refractivity contribution is 8.04. The van der Waals surface area contributed by atoms with Crippen LogP contribution in [-0.2, 0) is 24.9 Å². The van der Waals surface area contributed by atoms with Gasteiger partial charge in [-0.2, -0.15) is 0 Å². The number of hydrogen-bond acceptors (Lipinski definition) is 9. The van der Waals surface area contributed by atoms with Gasteiger partial charge in [0.15, 0.2) is 11.5 Å². The monoisotopic (exact) mass is 732 g/mol. The molecule has 252 valence electrons. The zero-order chi connectivity index (χ0) is 34.7.